The summed E-state index contributed by atoms with van der Waals surface area (Å²) in [5, 5.41) is 14.1. The molecular formula is C23H23N3O3. The molecule has 0 saturated carbocycles. The molecule has 2 aromatic carbocycles. The summed E-state index contributed by atoms with van der Waals surface area (Å²) in [5.74, 6) is -1.88. The number of carboxylic acids is 1. The molecule has 6 nitrogen and oxygen atoms in total. The molecule has 0 unspecified atom stereocenters. The first-order valence-corrected chi connectivity index (χ1v) is 9.65. The van der Waals surface area contributed by atoms with E-state index in [0.29, 0.717) is 12.1 Å². The number of aryl methyl sites for hydroxylation is 1. The van der Waals surface area contributed by atoms with E-state index in [0.717, 1.165) is 22.5 Å². The minimum absolute atomic E-state index is 0.174. The molecule has 1 saturated heterocycles. The number of rotatable bonds is 4. The van der Waals surface area contributed by atoms with Crippen molar-refractivity contribution in [3.05, 3.63) is 83.2 Å². The molecule has 1 N–H and O–H groups in total. The molecule has 148 valence electrons. The molecule has 1 aliphatic rings. The van der Waals surface area contributed by atoms with Crippen molar-refractivity contribution in [1.82, 2.24) is 14.7 Å². The van der Waals surface area contributed by atoms with Crippen LogP contribution in [0.2, 0.25) is 0 Å². The van der Waals surface area contributed by atoms with Crippen molar-refractivity contribution in [3.63, 3.8) is 0 Å². The van der Waals surface area contributed by atoms with Gasteiger partial charge in [0.1, 0.15) is 0 Å². The number of benzene rings is 2. The summed E-state index contributed by atoms with van der Waals surface area (Å²) < 4.78 is 1.77. The van der Waals surface area contributed by atoms with Crippen LogP contribution in [0.3, 0.4) is 0 Å². The number of aromatic nitrogens is 2. The van der Waals surface area contributed by atoms with Gasteiger partial charge in [0, 0.05) is 19.0 Å². The van der Waals surface area contributed by atoms with E-state index >= 15 is 0 Å². The molecule has 1 aromatic heterocycles. The fourth-order valence-electron chi connectivity index (χ4n) is 4.09. The number of hydrogen-bond donors (Lipinski definition) is 1. The second-order valence-electron chi connectivity index (χ2n) is 7.51. The number of carbonyl (C=O) groups is 2. The van der Waals surface area contributed by atoms with E-state index in [1.807, 2.05) is 68.4 Å². The highest BCUT2D eigenvalue weighted by Gasteiger charge is 2.41. The van der Waals surface area contributed by atoms with E-state index in [2.05, 4.69) is 5.10 Å². The minimum atomic E-state index is -0.874. The summed E-state index contributed by atoms with van der Waals surface area (Å²) in [6.07, 6.45) is 1.58. The zero-order valence-corrected chi connectivity index (χ0v) is 16.4. The quantitative estimate of drug-likeness (QED) is 0.742. The van der Waals surface area contributed by atoms with Gasteiger partial charge in [0.2, 0.25) is 0 Å². The van der Waals surface area contributed by atoms with E-state index < -0.39 is 11.9 Å². The third kappa shape index (κ3) is 3.42. The van der Waals surface area contributed by atoms with E-state index in [9.17, 15) is 14.7 Å². The van der Waals surface area contributed by atoms with Crippen molar-refractivity contribution < 1.29 is 14.7 Å². The Morgan fingerprint density at radius 3 is 2.38 bits per heavy atom. The molecule has 2 heterocycles. The molecule has 1 aliphatic heterocycles. The second-order valence-corrected chi connectivity index (χ2v) is 7.51. The zero-order chi connectivity index (χ0) is 20.5. The Morgan fingerprint density at radius 2 is 1.69 bits per heavy atom. The smallest absolute Gasteiger partial charge is 0.308 e. The van der Waals surface area contributed by atoms with E-state index in [4.69, 9.17) is 0 Å². The number of carboxylic acid groups (broad SMARTS) is 1. The van der Waals surface area contributed by atoms with E-state index in [1.165, 1.54) is 0 Å². The molecular weight excluding hydrogens is 366 g/mol. The number of amides is 1. The summed E-state index contributed by atoms with van der Waals surface area (Å²) in [6.45, 7) is 4.45. The maximum absolute atomic E-state index is 13.2. The van der Waals surface area contributed by atoms with Gasteiger partial charge in [0.25, 0.3) is 5.91 Å². The fourth-order valence-corrected chi connectivity index (χ4v) is 4.09. The van der Waals surface area contributed by atoms with Crippen molar-refractivity contribution in [2.75, 3.05) is 13.1 Å². The average Bonchev–Trinajstić information content (AvgIpc) is 3.33. The van der Waals surface area contributed by atoms with Crippen molar-refractivity contribution in [3.8, 4) is 5.69 Å². The Kier molecular flexibility index (Phi) is 4.92. The Hall–Kier alpha value is -3.41. The molecule has 1 amide bonds. The molecule has 0 radical (unpaired) electrons. The largest absolute Gasteiger partial charge is 0.481 e. The predicted octanol–water partition coefficient (Wildman–Crippen LogP) is 3.43. The lowest BCUT2D eigenvalue weighted by Crippen LogP contribution is -2.30. The summed E-state index contributed by atoms with van der Waals surface area (Å²) >= 11 is 0. The maximum atomic E-state index is 13.2. The highest BCUT2D eigenvalue weighted by molar-refractivity contribution is 5.96. The number of para-hydroxylation sites is 1. The van der Waals surface area contributed by atoms with Crippen molar-refractivity contribution in [2.24, 2.45) is 5.92 Å². The summed E-state index contributed by atoms with van der Waals surface area (Å²) in [7, 11) is 0. The predicted molar refractivity (Wildman–Crippen MR) is 109 cm³/mol. The molecule has 1 fully saturated rings. The van der Waals surface area contributed by atoms with Crippen molar-refractivity contribution >= 4 is 11.9 Å². The number of likely N-dealkylation sites (tertiary alicyclic amines) is 1. The van der Waals surface area contributed by atoms with Crippen LogP contribution in [0.25, 0.3) is 5.69 Å². The van der Waals surface area contributed by atoms with Gasteiger partial charge >= 0.3 is 5.97 Å². The van der Waals surface area contributed by atoms with Crippen LogP contribution in [-0.4, -0.2) is 44.8 Å². The fraction of sp³-hybridized carbons (Fsp3) is 0.261. The lowest BCUT2D eigenvalue weighted by Gasteiger charge is -2.16. The van der Waals surface area contributed by atoms with Crippen molar-refractivity contribution in [1.29, 1.82) is 0 Å². The topological polar surface area (TPSA) is 75.4 Å². The van der Waals surface area contributed by atoms with Gasteiger partial charge in [-0.25, -0.2) is 4.68 Å². The molecule has 0 spiro atoms. The van der Waals surface area contributed by atoms with Gasteiger partial charge in [-0.05, 0) is 31.0 Å². The molecule has 0 aliphatic carbocycles. The lowest BCUT2D eigenvalue weighted by molar-refractivity contribution is -0.141. The molecule has 4 rings (SSSR count). The zero-order valence-electron chi connectivity index (χ0n) is 16.4. The monoisotopic (exact) mass is 389 g/mol. The van der Waals surface area contributed by atoms with Crippen LogP contribution in [0.4, 0.5) is 0 Å². The van der Waals surface area contributed by atoms with Crippen LogP contribution in [0.15, 0.2) is 60.8 Å². The highest BCUT2D eigenvalue weighted by Crippen LogP contribution is 2.34. The molecule has 6 heteroatoms. The molecule has 3 aromatic rings. The Morgan fingerprint density at radius 1 is 1.00 bits per heavy atom. The Labute approximate surface area is 169 Å². The number of carbonyl (C=O) groups excluding carboxylic acids is 1. The first-order valence-electron chi connectivity index (χ1n) is 9.65. The third-order valence-corrected chi connectivity index (χ3v) is 5.74. The first-order chi connectivity index (χ1) is 14.0. The van der Waals surface area contributed by atoms with Gasteiger partial charge in [-0.1, -0.05) is 48.5 Å². The number of nitrogens with zero attached hydrogens (tertiary/aromatic N) is 3. The Balaban J connectivity index is 1.62. The van der Waals surface area contributed by atoms with Gasteiger partial charge in [-0.2, -0.15) is 5.10 Å². The molecule has 29 heavy (non-hydrogen) atoms. The van der Waals surface area contributed by atoms with Crippen LogP contribution in [0.1, 0.15) is 33.1 Å². The van der Waals surface area contributed by atoms with E-state index in [-0.39, 0.29) is 18.4 Å². The van der Waals surface area contributed by atoms with Crippen LogP contribution >= 0.6 is 0 Å². The average molecular weight is 389 g/mol. The first kappa shape index (κ1) is 18.9. The highest BCUT2D eigenvalue weighted by atomic mass is 16.4. The van der Waals surface area contributed by atoms with Crippen LogP contribution in [0.5, 0.6) is 0 Å². The van der Waals surface area contributed by atoms with Crippen LogP contribution in [0, 0.1) is 19.8 Å². The maximum Gasteiger partial charge on any atom is 0.308 e. The molecule has 2 atom stereocenters. The van der Waals surface area contributed by atoms with E-state index in [1.54, 1.807) is 15.8 Å². The van der Waals surface area contributed by atoms with Gasteiger partial charge < -0.3 is 10.0 Å². The van der Waals surface area contributed by atoms with Crippen LogP contribution < -0.4 is 0 Å². The third-order valence-electron chi connectivity index (χ3n) is 5.74. The summed E-state index contributed by atoms with van der Waals surface area (Å²) in [6, 6.07) is 17.4. The number of hydrogen-bond acceptors (Lipinski definition) is 3. The normalized spacial score (nSPS) is 18.8. The number of aliphatic carboxylic acids is 1. The summed E-state index contributed by atoms with van der Waals surface area (Å²) in [5.41, 5.74) is 4.19. The van der Waals surface area contributed by atoms with Crippen LogP contribution in [-0.2, 0) is 4.79 Å². The molecule has 0 bridgehead atoms. The van der Waals surface area contributed by atoms with Gasteiger partial charge in [0.15, 0.2) is 0 Å². The standard InChI is InChI=1S/C23H23N3O3/c1-15-8-6-7-11-21(15)26-16(2)18(12-24-26)22(27)25-13-19(20(14-25)23(28)29)17-9-4-3-5-10-17/h3-12,19-20H,13-14H2,1-2H3,(H,28,29)/t19-,20-/m0/s1. The minimum Gasteiger partial charge on any atom is -0.481 e. The van der Waals surface area contributed by atoms with Gasteiger partial charge in [-0.3, -0.25) is 9.59 Å². The second kappa shape index (κ2) is 7.54. The summed E-state index contributed by atoms with van der Waals surface area (Å²) in [4.78, 5) is 26.7. The SMILES string of the molecule is Cc1ccccc1-n1ncc(C(=O)N2C[C@H](C(=O)O)[C@H](c3ccccc3)C2)c1C. The Bertz CT molecular complexity index is 1060. The van der Waals surface area contributed by atoms with Gasteiger partial charge in [-0.15, -0.1) is 0 Å². The van der Waals surface area contributed by atoms with Crippen molar-refractivity contribution in [2.45, 2.75) is 19.8 Å². The lowest BCUT2D eigenvalue weighted by atomic mass is 9.89. The van der Waals surface area contributed by atoms with Gasteiger partial charge in [0.05, 0.1) is 29.1 Å².